The molecule has 1 aromatic rings. The average molecular weight is 228 g/mol. The maximum Gasteiger partial charge on any atom is 0.303 e. The molecule has 0 saturated heterocycles. The third kappa shape index (κ3) is 4.70. The fraction of sp³-hybridized carbons (Fsp3) is 0.364. The van der Waals surface area contributed by atoms with Gasteiger partial charge in [-0.05, 0) is 25.0 Å². The molecule has 0 atom stereocenters. The fourth-order valence-corrected chi connectivity index (χ4v) is 1.43. The monoisotopic (exact) mass is 227 g/mol. The van der Waals surface area contributed by atoms with Crippen molar-refractivity contribution in [1.82, 2.24) is 0 Å². The van der Waals surface area contributed by atoms with E-state index in [0.717, 1.165) is 18.7 Å². The Morgan fingerprint density at radius 2 is 2.07 bits per heavy atom. The van der Waals surface area contributed by atoms with Gasteiger partial charge >= 0.3 is 5.97 Å². The lowest BCUT2D eigenvalue weighted by Gasteiger charge is -2.06. The molecule has 1 aromatic carbocycles. The molecule has 15 heavy (non-hydrogen) atoms. The van der Waals surface area contributed by atoms with E-state index in [2.05, 4.69) is 5.32 Å². The second-order valence-corrected chi connectivity index (χ2v) is 3.66. The summed E-state index contributed by atoms with van der Waals surface area (Å²) in [5.41, 5.74) is 0.898. The summed E-state index contributed by atoms with van der Waals surface area (Å²) in [6, 6.07) is 7.50. The molecule has 3 nitrogen and oxygen atoms in total. The molecule has 0 fully saturated rings. The maximum absolute atomic E-state index is 10.2. The molecule has 0 bridgehead atoms. The highest BCUT2D eigenvalue weighted by atomic mass is 35.5. The van der Waals surface area contributed by atoms with E-state index < -0.39 is 5.97 Å². The van der Waals surface area contributed by atoms with Crippen molar-refractivity contribution in [3.63, 3.8) is 0 Å². The topological polar surface area (TPSA) is 49.3 Å². The summed E-state index contributed by atoms with van der Waals surface area (Å²) < 4.78 is 0. The molecule has 0 aliphatic heterocycles. The van der Waals surface area contributed by atoms with Crippen LogP contribution < -0.4 is 5.32 Å². The normalized spacial score (nSPS) is 9.93. The number of para-hydroxylation sites is 1. The zero-order valence-electron chi connectivity index (χ0n) is 8.37. The predicted octanol–water partition coefficient (Wildman–Crippen LogP) is 3.01. The van der Waals surface area contributed by atoms with E-state index in [-0.39, 0.29) is 6.42 Å². The molecule has 0 radical (unpaired) electrons. The third-order valence-electron chi connectivity index (χ3n) is 2.01. The number of carbonyl (C=O) groups is 1. The highest BCUT2D eigenvalue weighted by molar-refractivity contribution is 6.33. The van der Waals surface area contributed by atoms with Gasteiger partial charge in [0.2, 0.25) is 0 Å². The minimum absolute atomic E-state index is 0.226. The van der Waals surface area contributed by atoms with Gasteiger partial charge in [0, 0.05) is 13.0 Å². The Labute approximate surface area is 94.1 Å². The lowest BCUT2D eigenvalue weighted by Crippen LogP contribution is -2.03. The molecule has 0 saturated carbocycles. The summed E-state index contributed by atoms with van der Waals surface area (Å²) in [5.74, 6) is -0.743. The number of unbranched alkanes of at least 4 members (excludes halogenated alkanes) is 1. The van der Waals surface area contributed by atoms with Crippen LogP contribution in [0.2, 0.25) is 5.02 Å². The van der Waals surface area contributed by atoms with E-state index in [4.69, 9.17) is 16.7 Å². The SMILES string of the molecule is O=C(O)CCCCNc1ccccc1Cl. The van der Waals surface area contributed by atoms with Crippen LogP contribution >= 0.6 is 11.6 Å². The first-order valence-corrected chi connectivity index (χ1v) is 5.28. The Morgan fingerprint density at radius 1 is 1.33 bits per heavy atom. The number of aliphatic carboxylic acids is 1. The summed E-state index contributed by atoms with van der Waals surface area (Å²) in [6.07, 6.45) is 1.74. The first-order valence-electron chi connectivity index (χ1n) is 4.90. The minimum atomic E-state index is -0.743. The van der Waals surface area contributed by atoms with E-state index in [1.165, 1.54) is 0 Å². The van der Waals surface area contributed by atoms with Crippen LogP contribution in [-0.2, 0) is 4.79 Å². The van der Waals surface area contributed by atoms with Gasteiger partial charge in [-0.25, -0.2) is 0 Å². The van der Waals surface area contributed by atoms with Crippen LogP contribution in [0.5, 0.6) is 0 Å². The van der Waals surface area contributed by atoms with Crippen molar-refractivity contribution in [3.8, 4) is 0 Å². The van der Waals surface area contributed by atoms with Crippen LogP contribution in [0.3, 0.4) is 0 Å². The van der Waals surface area contributed by atoms with Crippen molar-refractivity contribution >= 4 is 23.3 Å². The highest BCUT2D eigenvalue weighted by Gasteiger charge is 1.98. The molecule has 0 aliphatic carbocycles. The Balaban J connectivity index is 2.21. The molecule has 0 aromatic heterocycles. The summed E-state index contributed by atoms with van der Waals surface area (Å²) in [4.78, 5) is 10.2. The van der Waals surface area contributed by atoms with Gasteiger partial charge in [-0.2, -0.15) is 0 Å². The number of hydrogen-bond acceptors (Lipinski definition) is 2. The zero-order valence-corrected chi connectivity index (χ0v) is 9.13. The van der Waals surface area contributed by atoms with Crippen LogP contribution in [-0.4, -0.2) is 17.6 Å². The molecule has 0 heterocycles. The molecule has 2 N–H and O–H groups in total. The summed E-state index contributed by atoms with van der Waals surface area (Å²) in [5, 5.41) is 12.3. The van der Waals surface area contributed by atoms with Gasteiger partial charge in [0.05, 0.1) is 10.7 Å². The van der Waals surface area contributed by atoms with Gasteiger partial charge in [-0.3, -0.25) is 4.79 Å². The Morgan fingerprint density at radius 3 is 2.73 bits per heavy atom. The van der Waals surface area contributed by atoms with E-state index >= 15 is 0 Å². The minimum Gasteiger partial charge on any atom is -0.481 e. The molecular formula is C11H14ClNO2. The molecule has 0 spiro atoms. The Bertz CT molecular complexity index is 328. The quantitative estimate of drug-likeness (QED) is 0.735. The smallest absolute Gasteiger partial charge is 0.303 e. The second-order valence-electron chi connectivity index (χ2n) is 3.26. The second kappa shape index (κ2) is 6.30. The predicted molar refractivity (Wildman–Crippen MR) is 61.4 cm³/mol. The van der Waals surface area contributed by atoms with Gasteiger partial charge in [0.25, 0.3) is 0 Å². The van der Waals surface area contributed by atoms with E-state index in [1.807, 2.05) is 24.3 Å². The molecule has 82 valence electrons. The van der Waals surface area contributed by atoms with Gasteiger partial charge in [0.15, 0.2) is 0 Å². The number of hydrogen-bond donors (Lipinski definition) is 2. The van der Waals surface area contributed by atoms with Crippen molar-refractivity contribution < 1.29 is 9.90 Å². The number of benzene rings is 1. The summed E-state index contributed by atoms with van der Waals surface area (Å²) in [6.45, 7) is 0.747. The van der Waals surface area contributed by atoms with Crippen LogP contribution in [0.4, 0.5) is 5.69 Å². The van der Waals surface area contributed by atoms with Crippen LogP contribution in [0, 0.1) is 0 Å². The van der Waals surface area contributed by atoms with Crippen molar-refractivity contribution in [1.29, 1.82) is 0 Å². The Kier molecular flexibility index (Phi) is 4.98. The van der Waals surface area contributed by atoms with Gasteiger partial charge in [-0.15, -0.1) is 0 Å². The fourth-order valence-electron chi connectivity index (χ4n) is 1.23. The van der Waals surface area contributed by atoms with Crippen molar-refractivity contribution in [2.45, 2.75) is 19.3 Å². The number of carboxylic acids is 1. The van der Waals surface area contributed by atoms with Crippen molar-refractivity contribution in [2.75, 3.05) is 11.9 Å². The molecule has 1 rings (SSSR count). The van der Waals surface area contributed by atoms with Crippen molar-refractivity contribution in [2.24, 2.45) is 0 Å². The van der Waals surface area contributed by atoms with E-state index in [9.17, 15) is 4.79 Å². The summed E-state index contributed by atoms with van der Waals surface area (Å²) in [7, 11) is 0. The summed E-state index contributed by atoms with van der Waals surface area (Å²) >= 11 is 5.93. The largest absolute Gasteiger partial charge is 0.481 e. The molecule has 0 amide bonds. The maximum atomic E-state index is 10.2. The van der Waals surface area contributed by atoms with Gasteiger partial charge in [0.1, 0.15) is 0 Å². The molecular weight excluding hydrogens is 214 g/mol. The standard InChI is InChI=1S/C11H14ClNO2/c12-9-5-1-2-6-10(9)13-8-4-3-7-11(14)15/h1-2,5-6,13H,3-4,7-8H2,(H,14,15). The number of rotatable bonds is 6. The van der Waals surface area contributed by atoms with E-state index in [0.29, 0.717) is 11.4 Å². The number of anilines is 1. The number of carboxylic acid groups (broad SMARTS) is 1. The molecule has 0 aliphatic rings. The molecule has 0 unspecified atom stereocenters. The first kappa shape index (κ1) is 11.9. The lowest BCUT2D eigenvalue weighted by atomic mass is 10.2. The highest BCUT2D eigenvalue weighted by Crippen LogP contribution is 2.20. The Hall–Kier alpha value is -1.22. The average Bonchev–Trinajstić information content (AvgIpc) is 2.20. The van der Waals surface area contributed by atoms with Crippen LogP contribution in [0.25, 0.3) is 0 Å². The van der Waals surface area contributed by atoms with Crippen LogP contribution in [0.1, 0.15) is 19.3 Å². The van der Waals surface area contributed by atoms with Gasteiger partial charge in [-0.1, -0.05) is 23.7 Å². The van der Waals surface area contributed by atoms with E-state index in [1.54, 1.807) is 0 Å². The number of nitrogens with one attached hydrogen (secondary N) is 1. The van der Waals surface area contributed by atoms with Crippen molar-refractivity contribution in [3.05, 3.63) is 29.3 Å². The third-order valence-corrected chi connectivity index (χ3v) is 2.34. The zero-order chi connectivity index (χ0) is 11.1. The van der Waals surface area contributed by atoms with Crippen LogP contribution in [0.15, 0.2) is 24.3 Å². The number of halogens is 1. The first-order chi connectivity index (χ1) is 7.20. The lowest BCUT2D eigenvalue weighted by molar-refractivity contribution is -0.137. The van der Waals surface area contributed by atoms with Gasteiger partial charge < -0.3 is 10.4 Å². The molecule has 4 heteroatoms.